The molecule has 1 aromatic heterocycles. The molecule has 3 aliphatic rings. The van der Waals surface area contributed by atoms with Crippen LogP contribution in [0.3, 0.4) is 0 Å². The van der Waals surface area contributed by atoms with Gasteiger partial charge in [-0.05, 0) is 42.9 Å². The van der Waals surface area contributed by atoms with Crippen molar-refractivity contribution in [1.29, 1.82) is 0 Å². The number of benzene rings is 1. The number of amides is 1. The van der Waals surface area contributed by atoms with Crippen LogP contribution in [0.4, 0.5) is 5.69 Å². The van der Waals surface area contributed by atoms with E-state index in [4.69, 9.17) is 10.5 Å². The minimum atomic E-state index is -0.375. The van der Waals surface area contributed by atoms with Crippen molar-refractivity contribution in [2.45, 2.75) is 90.4 Å². The first kappa shape index (κ1) is 23.2. The molecule has 5 nitrogen and oxygen atoms in total. The summed E-state index contributed by atoms with van der Waals surface area (Å²) in [5, 5.41) is 3.65. The lowest BCUT2D eigenvalue weighted by Crippen LogP contribution is -2.25. The summed E-state index contributed by atoms with van der Waals surface area (Å²) in [6.45, 7) is 10.0. The van der Waals surface area contributed by atoms with Crippen LogP contribution in [-0.4, -0.2) is 22.3 Å². The Kier molecular flexibility index (Phi) is 6.91. The van der Waals surface area contributed by atoms with Gasteiger partial charge in [-0.25, -0.2) is 0 Å². The molecule has 1 fully saturated rings. The molecule has 0 saturated heterocycles. The number of carbonyl (C=O) groups is 1. The van der Waals surface area contributed by atoms with E-state index >= 15 is 0 Å². The molecule has 3 N–H and O–H groups in total. The van der Waals surface area contributed by atoms with E-state index in [1.807, 2.05) is 37.7 Å². The van der Waals surface area contributed by atoms with Crippen molar-refractivity contribution in [3.63, 3.8) is 0 Å². The molecule has 1 saturated carbocycles. The number of aromatic nitrogens is 1. The highest BCUT2D eigenvalue weighted by molar-refractivity contribution is 7.99. The second kappa shape index (κ2) is 9.52. The van der Waals surface area contributed by atoms with Gasteiger partial charge in [0.15, 0.2) is 0 Å². The fraction of sp³-hybridized carbons (Fsp3) is 0.577. The van der Waals surface area contributed by atoms with Gasteiger partial charge < -0.3 is 20.4 Å². The van der Waals surface area contributed by atoms with Gasteiger partial charge >= 0.3 is 0 Å². The number of anilines is 1. The third-order valence-electron chi connectivity index (χ3n) is 6.65. The SMILES string of the molecule is CC.CC1(C)CSc2c3c(n(-c4ccc(C(N)=O)c(NC5CCCCC5)c4)c2C1)COC3. The van der Waals surface area contributed by atoms with Crippen LogP contribution in [0.25, 0.3) is 5.69 Å². The summed E-state index contributed by atoms with van der Waals surface area (Å²) in [5.41, 5.74) is 12.5. The first-order chi connectivity index (χ1) is 15.4. The molecule has 1 amide bonds. The molecular weight excluding hydrogens is 418 g/mol. The standard InChI is InChI=1S/C24H31N3O2S.C2H6/c1-24(2)11-20-22(30-14-24)18-12-29-13-21(18)27(20)16-8-9-17(23(25)28)19(10-16)26-15-6-4-3-5-7-15;1-2/h8-10,15,26H,3-7,11-14H2,1-2H3,(H2,25,28);1-2H3. The van der Waals surface area contributed by atoms with E-state index in [2.05, 4.69) is 29.8 Å². The molecule has 0 radical (unpaired) electrons. The summed E-state index contributed by atoms with van der Waals surface area (Å²) in [4.78, 5) is 13.5. The zero-order valence-corrected chi connectivity index (χ0v) is 20.7. The van der Waals surface area contributed by atoms with Crippen molar-refractivity contribution in [3.05, 3.63) is 40.7 Å². The summed E-state index contributed by atoms with van der Waals surface area (Å²) in [5.74, 6) is 0.755. The molecule has 5 rings (SSSR count). The van der Waals surface area contributed by atoms with Crippen LogP contribution in [0.1, 0.15) is 87.1 Å². The molecule has 174 valence electrons. The maximum atomic E-state index is 12.1. The molecule has 1 aromatic carbocycles. The fourth-order valence-electron chi connectivity index (χ4n) is 5.14. The topological polar surface area (TPSA) is 69.3 Å². The summed E-state index contributed by atoms with van der Waals surface area (Å²) in [6.07, 6.45) is 7.13. The van der Waals surface area contributed by atoms with Crippen LogP contribution >= 0.6 is 11.8 Å². The van der Waals surface area contributed by atoms with Gasteiger partial charge in [-0.1, -0.05) is 47.0 Å². The number of nitrogens with zero attached hydrogens (tertiary/aromatic N) is 1. The van der Waals surface area contributed by atoms with Crippen molar-refractivity contribution in [3.8, 4) is 5.69 Å². The second-order valence-corrected chi connectivity index (χ2v) is 10.7. The number of thioether (sulfide) groups is 1. The molecule has 3 heterocycles. The van der Waals surface area contributed by atoms with Gasteiger partial charge in [0.2, 0.25) is 0 Å². The molecule has 0 spiro atoms. The zero-order chi connectivity index (χ0) is 22.9. The molecule has 32 heavy (non-hydrogen) atoms. The number of ether oxygens (including phenoxy) is 1. The fourth-order valence-corrected chi connectivity index (χ4v) is 6.46. The van der Waals surface area contributed by atoms with Crippen LogP contribution in [0.15, 0.2) is 23.1 Å². The Morgan fingerprint density at radius 3 is 2.62 bits per heavy atom. The molecular formula is C26H37N3O2S. The number of primary amides is 1. The lowest BCUT2D eigenvalue weighted by molar-refractivity contribution is 0.100. The second-order valence-electron chi connectivity index (χ2n) is 9.73. The molecule has 0 bridgehead atoms. The van der Waals surface area contributed by atoms with E-state index in [1.165, 1.54) is 41.1 Å². The normalized spacial score (nSPS) is 19.5. The van der Waals surface area contributed by atoms with Gasteiger partial charge in [0.05, 0.1) is 24.5 Å². The molecule has 2 aromatic rings. The largest absolute Gasteiger partial charge is 0.382 e. The zero-order valence-electron chi connectivity index (χ0n) is 19.9. The van der Waals surface area contributed by atoms with E-state index in [0.29, 0.717) is 24.8 Å². The summed E-state index contributed by atoms with van der Waals surface area (Å²) >= 11 is 1.97. The van der Waals surface area contributed by atoms with E-state index in [0.717, 1.165) is 36.4 Å². The van der Waals surface area contributed by atoms with E-state index < -0.39 is 0 Å². The Balaban J connectivity index is 0.00000119. The van der Waals surface area contributed by atoms with E-state index in [1.54, 1.807) is 0 Å². The first-order valence-corrected chi connectivity index (χ1v) is 13.1. The van der Waals surface area contributed by atoms with Gasteiger partial charge in [0.25, 0.3) is 5.91 Å². The predicted octanol–water partition coefficient (Wildman–Crippen LogP) is 6.05. The van der Waals surface area contributed by atoms with E-state index in [-0.39, 0.29) is 11.3 Å². The molecule has 2 aliphatic heterocycles. The lowest BCUT2D eigenvalue weighted by Gasteiger charge is -2.31. The maximum Gasteiger partial charge on any atom is 0.250 e. The maximum absolute atomic E-state index is 12.1. The average molecular weight is 456 g/mol. The minimum absolute atomic E-state index is 0.263. The number of nitrogens with two attached hydrogens (primary N) is 1. The Morgan fingerprint density at radius 1 is 1.16 bits per heavy atom. The van der Waals surface area contributed by atoms with Crippen molar-refractivity contribution in [2.24, 2.45) is 11.1 Å². The van der Waals surface area contributed by atoms with Gasteiger partial charge in [-0.3, -0.25) is 4.79 Å². The molecule has 1 aliphatic carbocycles. The van der Waals surface area contributed by atoms with Gasteiger partial charge in [0.1, 0.15) is 0 Å². The highest BCUT2D eigenvalue weighted by atomic mass is 32.2. The summed E-state index contributed by atoms with van der Waals surface area (Å²) < 4.78 is 8.22. The smallest absolute Gasteiger partial charge is 0.250 e. The molecule has 0 unspecified atom stereocenters. The number of fused-ring (bicyclic) bond motifs is 3. The van der Waals surface area contributed by atoms with Gasteiger partial charge in [-0.15, -0.1) is 11.8 Å². The lowest BCUT2D eigenvalue weighted by atomic mass is 9.89. The van der Waals surface area contributed by atoms with Crippen molar-refractivity contribution < 1.29 is 9.53 Å². The van der Waals surface area contributed by atoms with Gasteiger partial charge in [-0.2, -0.15) is 0 Å². The summed E-state index contributed by atoms with van der Waals surface area (Å²) in [6, 6.07) is 6.46. The van der Waals surface area contributed by atoms with Gasteiger partial charge in [0, 0.05) is 39.3 Å². The molecule has 6 heteroatoms. The van der Waals surface area contributed by atoms with Crippen LogP contribution in [-0.2, 0) is 24.4 Å². The van der Waals surface area contributed by atoms with Crippen LogP contribution in [0.2, 0.25) is 0 Å². The minimum Gasteiger partial charge on any atom is -0.382 e. The first-order valence-electron chi connectivity index (χ1n) is 12.1. The number of rotatable bonds is 4. The van der Waals surface area contributed by atoms with Crippen molar-refractivity contribution in [2.75, 3.05) is 11.1 Å². The highest BCUT2D eigenvalue weighted by Crippen LogP contribution is 2.47. The Hall–Kier alpha value is -1.92. The predicted molar refractivity (Wildman–Crippen MR) is 133 cm³/mol. The van der Waals surface area contributed by atoms with Crippen LogP contribution in [0, 0.1) is 5.41 Å². The number of nitrogens with one attached hydrogen (secondary N) is 1. The molecule has 0 atom stereocenters. The monoisotopic (exact) mass is 455 g/mol. The average Bonchev–Trinajstić information content (AvgIpc) is 3.35. The number of carbonyl (C=O) groups excluding carboxylic acids is 1. The third kappa shape index (κ3) is 4.44. The number of hydrogen-bond donors (Lipinski definition) is 2. The quantitative estimate of drug-likeness (QED) is 0.589. The van der Waals surface area contributed by atoms with Crippen molar-refractivity contribution >= 4 is 23.4 Å². The van der Waals surface area contributed by atoms with Crippen LogP contribution < -0.4 is 11.1 Å². The third-order valence-corrected chi connectivity index (χ3v) is 8.35. The van der Waals surface area contributed by atoms with Crippen LogP contribution in [0.5, 0.6) is 0 Å². The number of hydrogen-bond acceptors (Lipinski definition) is 4. The van der Waals surface area contributed by atoms with E-state index in [9.17, 15) is 4.79 Å². The van der Waals surface area contributed by atoms with Crippen molar-refractivity contribution in [1.82, 2.24) is 4.57 Å². The Morgan fingerprint density at radius 2 is 1.91 bits per heavy atom. The highest BCUT2D eigenvalue weighted by Gasteiger charge is 2.35. The Bertz CT molecular complexity index is 989. The summed E-state index contributed by atoms with van der Waals surface area (Å²) in [7, 11) is 0. The Labute approximate surface area is 196 Å².